The van der Waals surface area contributed by atoms with E-state index in [9.17, 15) is 4.79 Å². The summed E-state index contributed by atoms with van der Waals surface area (Å²) in [7, 11) is 0. The topological polar surface area (TPSA) is 48.3 Å². The lowest BCUT2D eigenvalue weighted by atomic mass is 10.2. The first kappa shape index (κ1) is 20.1. The molecule has 5 nitrogen and oxygen atoms in total. The highest BCUT2D eigenvalue weighted by Gasteiger charge is 2.19. The summed E-state index contributed by atoms with van der Waals surface area (Å²) >= 11 is 12.4. The first-order chi connectivity index (χ1) is 13.1. The molecule has 1 fully saturated rings. The Balaban J connectivity index is 1.33. The molecule has 0 radical (unpaired) electrons. The number of hydrogen-bond donors (Lipinski definition) is 0. The van der Waals surface area contributed by atoms with Crippen LogP contribution in [0.25, 0.3) is 0 Å². The SMILES string of the molecule is O=C1C=CC=NC1N=CCCCCN1CCN(c2cccc(Cl)c2Cl)CC1. The van der Waals surface area contributed by atoms with Crippen molar-refractivity contribution in [1.82, 2.24) is 4.90 Å². The largest absolute Gasteiger partial charge is 0.368 e. The third kappa shape index (κ3) is 5.64. The van der Waals surface area contributed by atoms with E-state index < -0.39 is 6.17 Å². The van der Waals surface area contributed by atoms with Crippen LogP contribution < -0.4 is 4.90 Å². The monoisotopic (exact) mass is 406 g/mol. The van der Waals surface area contributed by atoms with Crippen LogP contribution in [-0.4, -0.2) is 62.0 Å². The van der Waals surface area contributed by atoms with Crippen LogP contribution in [0.4, 0.5) is 5.69 Å². The van der Waals surface area contributed by atoms with E-state index in [1.54, 1.807) is 12.3 Å². The number of benzene rings is 1. The molecule has 0 spiro atoms. The van der Waals surface area contributed by atoms with Crippen molar-refractivity contribution >= 4 is 47.1 Å². The number of rotatable bonds is 7. The van der Waals surface area contributed by atoms with Gasteiger partial charge in [0.15, 0.2) is 0 Å². The fourth-order valence-corrected chi connectivity index (χ4v) is 3.65. The molecule has 1 aromatic carbocycles. The number of carbonyl (C=O) groups excluding carboxylic acids is 1. The molecule has 0 bridgehead atoms. The average molecular weight is 407 g/mol. The highest BCUT2D eigenvalue weighted by molar-refractivity contribution is 6.43. The van der Waals surface area contributed by atoms with Crippen LogP contribution >= 0.6 is 23.2 Å². The van der Waals surface area contributed by atoms with Crippen LogP contribution in [0, 0.1) is 0 Å². The maximum absolute atomic E-state index is 11.5. The van der Waals surface area contributed by atoms with Crippen molar-refractivity contribution in [3.05, 3.63) is 40.4 Å². The average Bonchev–Trinajstić information content (AvgIpc) is 2.69. The zero-order valence-corrected chi connectivity index (χ0v) is 16.7. The fraction of sp³-hybridized carbons (Fsp3) is 0.450. The summed E-state index contributed by atoms with van der Waals surface area (Å²) in [6, 6.07) is 5.79. The van der Waals surface area contributed by atoms with Crippen LogP contribution in [-0.2, 0) is 4.79 Å². The van der Waals surface area contributed by atoms with E-state index in [1.807, 2.05) is 24.4 Å². The van der Waals surface area contributed by atoms with Crippen molar-refractivity contribution in [3.8, 4) is 0 Å². The minimum atomic E-state index is -0.568. The van der Waals surface area contributed by atoms with Crippen LogP contribution in [0.3, 0.4) is 0 Å². The molecule has 2 heterocycles. The number of anilines is 1. The van der Waals surface area contributed by atoms with Crippen molar-refractivity contribution in [3.63, 3.8) is 0 Å². The molecule has 7 heteroatoms. The molecule has 1 atom stereocenters. The van der Waals surface area contributed by atoms with E-state index in [-0.39, 0.29) is 5.78 Å². The summed E-state index contributed by atoms with van der Waals surface area (Å²) in [4.78, 5) is 24.6. The highest BCUT2D eigenvalue weighted by atomic mass is 35.5. The zero-order valence-electron chi connectivity index (χ0n) is 15.2. The Morgan fingerprint density at radius 3 is 2.78 bits per heavy atom. The van der Waals surface area contributed by atoms with E-state index >= 15 is 0 Å². The Hall–Kier alpha value is -1.69. The molecule has 0 saturated carbocycles. The van der Waals surface area contributed by atoms with Crippen molar-refractivity contribution in [2.45, 2.75) is 25.4 Å². The smallest absolute Gasteiger partial charge is 0.202 e. The number of carbonyl (C=O) groups is 1. The highest BCUT2D eigenvalue weighted by Crippen LogP contribution is 2.32. The molecule has 1 unspecified atom stereocenters. The van der Waals surface area contributed by atoms with E-state index in [4.69, 9.17) is 23.2 Å². The van der Waals surface area contributed by atoms with Gasteiger partial charge in [-0.15, -0.1) is 0 Å². The number of allylic oxidation sites excluding steroid dienone is 1. The minimum absolute atomic E-state index is 0.0496. The van der Waals surface area contributed by atoms with Crippen LogP contribution in [0.2, 0.25) is 10.0 Å². The lowest BCUT2D eigenvalue weighted by Crippen LogP contribution is -2.46. The molecule has 1 saturated heterocycles. The van der Waals surface area contributed by atoms with Crippen LogP contribution in [0.1, 0.15) is 19.3 Å². The van der Waals surface area contributed by atoms with Crippen molar-refractivity contribution in [2.75, 3.05) is 37.6 Å². The first-order valence-corrected chi connectivity index (χ1v) is 10.1. The van der Waals surface area contributed by atoms with Crippen molar-refractivity contribution < 1.29 is 4.79 Å². The van der Waals surface area contributed by atoms with E-state index in [2.05, 4.69) is 19.8 Å². The Morgan fingerprint density at radius 2 is 2.00 bits per heavy atom. The van der Waals surface area contributed by atoms with Gasteiger partial charge in [-0.1, -0.05) is 29.3 Å². The second-order valence-electron chi connectivity index (χ2n) is 6.66. The molecular weight excluding hydrogens is 383 g/mol. The van der Waals surface area contributed by atoms with Gasteiger partial charge in [-0.3, -0.25) is 19.7 Å². The maximum atomic E-state index is 11.5. The second-order valence-corrected chi connectivity index (χ2v) is 7.45. The summed E-state index contributed by atoms with van der Waals surface area (Å²) in [6.45, 7) is 5.03. The number of dihydropyridines is 1. The molecule has 2 aliphatic heterocycles. The number of nitrogens with zero attached hydrogens (tertiary/aromatic N) is 4. The van der Waals surface area contributed by atoms with Gasteiger partial charge in [-0.05, 0) is 50.1 Å². The number of aliphatic imine (C=N–C) groups is 2. The molecule has 144 valence electrons. The van der Waals surface area contributed by atoms with E-state index in [0.29, 0.717) is 10.0 Å². The van der Waals surface area contributed by atoms with Crippen LogP contribution in [0.5, 0.6) is 0 Å². The summed E-state index contributed by atoms with van der Waals surface area (Å²) in [6.07, 6.45) is 9.11. The first-order valence-electron chi connectivity index (χ1n) is 9.32. The molecular formula is C20H24Cl2N4O. The number of unbranched alkanes of at least 4 members (excludes halogenated alkanes) is 2. The molecule has 0 amide bonds. The number of hydrogen-bond acceptors (Lipinski definition) is 5. The predicted octanol–water partition coefficient (Wildman–Crippen LogP) is 3.89. The minimum Gasteiger partial charge on any atom is -0.368 e. The Labute approximate surface area is 170 Å². The fourth-order valence-electron chi connectivity index (χ4n) is 3.24. The normalized spacial score (nSPS) is 20.7. The van der Waals surface area contributed by atoms with Gasteiger partial charge in [-0.2, -0.15) is 0 Å². The molecule has 0 aromatic heterocycles. The number of ketones is 1. The Morgan fingerprint density at radius 1 is 1.19 bits per heavy atom. The summed E-state index contributed by atoms with van der Waals surface area (Å²) in [5.41, 5.74) is 1.02. The van der Waals surface area contributed by atoms with Gasteiger partial charge in [0.2, 0.25) is 11.9 Å². The molecule has 3 rings (SSSR count). The van der Waals surface area contributed by atoms with Gasteiger partial charge in [0.05, 0.1) is 15.7 Å². The van der Waals surface area contributed by atoms with E-state index in [0.717, 1.165) is 57.7 Å². The quantitative estimate of drug-likeness (QED) is 0.509. The van der Waals surface area contributed by atoms with Gasteiger partial charge in [0.25, 0.3) is 0 Å². The van der Waals surface area contributed by atoms with Gasteiger partial charge in [-0.25, -0.2) is 0 Å². The molecule has 1 aromatic rings. The lowest BCUT2D eigenvalue weighted by Gasteiger charge is -2.36. The van der Waals surface area contributed by atoms with Crippen molar-refractivity contribution in [1.29, 1.82) is 0 Å². The van der Waals surface area contributed by atoms with Gasteiger partial charge in [0, 0.05) is 38.6 Å². The van der Waals surface area contributed by atoms with Crippen LogP contribution in [0.15, 0.2) is 40.3 Å². The summed E-state index contributed by atoms with van der Waals surface area (Å²) in [5.74, 6) is -0.0496. The Bertz CT molecular complexity index is 739. The third-order valence-corrected chi connectivity index (χ3v) is 5.59. The summed E-state index contributed by atoms with van der Waals surface area (Å²) in [5, 5.41) is 1.25. The molecule has 0 aliphatic carbocycles. The van der Waals surface area contributed by atoms with Gasteiger partial charge < -0.3 is 4.90 Å². The number of halogens is 2. The summed E-state index contributed by atoms with van der Waals surface area (Å²) < 4.78 is 0. The molecule has 0 N–H and O–H groups in total. The predicted molar refractivity (Wildman–Crippen MR) is 114 cm³/mol. The standard InChI is InChI=1S/C20H24Cl2N4O/c21-16-6-4-7-17(19(16)22)26-14-12-25(13-15-26)11-3-1-2-9-23-20-18(27)8-5-10-24-20/h4-10,20H,1-3,11-15H2. The van der Waals surface area contributed by atoms with E-state index in [1.165, 1.54) is 6.08 Å². The van der Waals surface area contributed by atoms with Gasteiger partial charge >= 0.3 is 0 Å². The zero-order chi connectivity index (χ0) is 19.1. The number of piperazine rings is 1. The lowest BCUT2D eigenvalue weighted by molar-refractivity contribution is -0.115. The third-order valence-electron chi connectivity index (χ3n) is 4.78. The Kier molecular flexibility index (Phi) is 7.44. The maximum Gasteiger partial charge on any atom is 0.202 e. The second kappa shape index (κ2) is 10.0. The van der Waals surface area contributed by atoms with Crippen molar-refractivity contribution in [2.24, 2.45) is 9.98 Å². The molecule has 27 heavy (non-hydrogen) atoms. The van der Waals surface area contributed by atoms with Gasteiger partial charge in [0.1, 0.15) is 0 Å². The molecule has 2 aliphatic rings.